The number of hydrogen-bond acceptors (Lipinski definition) is 4. The maximum atomic E-state index is 10.7. The third-order valence-electron chi connectivity index (χ3n) is 2.36. The van der Waals surface area contributed by atoms with Crippen LogP contribution in [0.5, 0.6) is 5.88 Å². The minimum Gasteiger partial charge on any atom is -0.477 e. The average Bonchev–Trinajstić information content (AvgIpc) is 2.23. The number of ketones is 1. The van der Waals surface area contributed by atoms with Crippen LogP contribution in [0.15, 0.2) is 18.3 Å². The number of pyridine rings is 1. The lowest BCUT2D eigenvalue weighted by atomic mass is 9.85. The van der Waals surface area contributed by atoms with Crippen LogP contribution in [0.25, 0.3) is 0 Å². The molecular formula is C11H10N2O2. The van der Waals surface area contributed by atoms with Crippen molar-refractivity contribution in [1.29, 1.82) is 5.26 Å². The second-order valence-corrected chi connectivity index (χ2v) is 3.62. The summed E-state index contributed by atoms with van der Waals surface area (Å²) in [6.07, 6.45) is 2.76. The molecule has 0 atom stereocenters. The van der Waals surface area contributed by atoms with E-state index in [1.807, 2.05) is 6.07 Å². The smallest absolute Gasteiger partial charge is 0.214 e. The molecule has 0 saturated heterocycles. The van der Waals surface area contributed by atoms with E-state index in [1.54, 1.807) is 18.3 Å². The summed E-state index contributed by atoms with van der Waals surface area (Å²) in [4.78, 5) is 14.7. The molecule has 2 rings (SSSR count). The molecule has 0 amide bonds. The molecule has 4 nitrogen and oxygen atoms in total. The van der Waals surface area contributed by atoms with E-state index in [0.717, 1.165) is 0 Å². The molecule has 1 fully saturated rings. The molecule has 76 valence electrons. The molecule has 1 saturated carbocycles. The maximum Gasteiger partial charge on any atom is 0.214 e. The number of nitriles is 1. The summed E-state index contributed by atoms with van der Waals surface area (Å²) < 4.78 is 5.39. The summed E-state index contributed by atoms with van der Waals surface area (Å²) in [7, 11) is 0. The maximum absolute atomic E-state index is 10.7. The van der Waals surface area contributed by atoms with Crippen molar-refractivity contribution in [2.24, 2.45) is 5.92 Å². The van der Waals surface area contributed by atoms with E-state index in [1.165, 1.54) is 0 Å². The van der Waals surface area contributed by atoms with Crippen molar-refractivity contribution in [2.75, 3.05) is 6.61 Å². The summed E-state index contributed by atoms with van der Waals surface area (Å²) in [6, 6.07) is 5.24. The summed E-state index contributed by atoms with van der Waals surface area (Å²) >= 11 is 0. The largest absolute Gasteiger partial charge is 0.477 e. The number of Topliss-reactive ketones (excluding diaryl/α,β-unsaturated/α-hetero) is 1. The highest BCUT2D eigenvalue weighted by molar-refractivity contribution is 5.84. The van der Waals surface area contributed by atoms with Gasteiger partial charge in [-0.15, -0.1) is 0 Å². The van der Waals surface area contributed by atoms with Crippen LogP contribution in [0.3, 0.4) is 0 Å². The standard InChI is InChI=1S/C11H10N2O2/c12-6-8-1-2-13-11(5-8)15-7-9-3-10(14)4-9/h1-2,5,9H,3-4,7H2. The second kappa shape index (κ2) is 4.09. The normalized spacial score (nSPS) is 15.5. The van der Waals surface area contributed by atoms with Gasteiger partial charge in [-0.25, -0.2) is 4.98 Å². The van der Waals surface area contributed by atoms with Crippen LogP contribution in [0.4, 0.5) is 0 Å². The van der Waals surface area contributed by atoms with Crippen molar-refractivity contribution in [3.05, 3.63) is 23.9 Å². The SMILES string of the molecule is N#Cc1ccnc(OCC2CC(=O)C2)c1. The Bertz CT molecular complexity index is 415. The van der Waals surface area contributed by atoms with E-state index < -0.39 is 0 Å². The van der Waals surface area contributed by atoms with Gasteiger partial charge in [-0.1, -0.05) is 0 Å². The highest BCUT2D eigenvalue weighted by Gasteiger charge is 2.26. The zero-order chi connectivity index (χ0) is 10.7. The van der Waals surface area contributed by atoms with Crippen molar-refractivity contribution < 1.29 is 9.53 Å². The molecule has 0 aromatic carbocycles. The number of carbonyl (C=O) groups excluding carboxylic acids is 1. The van der Waals surface area contributed by atoms with Crippen molar-refractivity contribution in [3.63, 3.8) is 0 Å². The van der Waals surface area contributed by atoms with Gasteiger partial charge in [-0.3, -0.25) is 4.79 Å². The Kier molecular flexibility index (Phi) is 2.64. The zero-order valence-electron chi connectivity index (χ0n) is 8.14. The lowest BCUT2D eigenvalue weighted by Gasteiger charge is -2.23. The first-order valence-electron chi connectivity index (χ1n) is 4.78. The molecule has 1 aliphatic carbocycles. The van der Waals surface area contributed by atoms with Crippen molar-refractivity contribution in [1.82, 2.24) is 4.98 Å². The monoisotopic (exact) mass is 202 g/mol. The van der Waals surface area contributed by atoms with Crippen LogP contribution in [0.1, 0.15) is 18.4 Å². The fourth-order valence-corrected chi connectivity index (χ4v) is 1.46. The first-order chi connectivity index (χ1) is 7.28. The van der Waals surface area contributed by atoms with Crippen LogP contribution in [0, 0.1) is 17.2 Å². The first kappa shape index (κ1) is 9.66. The Morgan fingerprint density at radius 1 is 1.60 bits per heavy atom. The summed E-state index contributed by atoms with van der Waals surface area (Å²) in [6.45, 7) is 0.508. The van der Waals surface area contributed by atoms with Gasteiger partial charge in [0.2, 0.25) is 5.88 Å². The molecule has 1 aliphatic rings. The molecule has 0 N–H and O–H groups in total. The zero-order valence-corrected chi connectivity index (χ0v) is 8.14. The molecule has 1 heterocycles. The molecule has 0 unspecified atom stereocenters. The molecule has 1 aromatic heterocycles. The van der Waals surface area contributed by atoms with Crippen LogP contribution in [0.2, 0.25) is 0 Å². The van der Waals surface area contributed by atoms with E-state index in [4.69, 9.17) is 10.00 Å². The number of aromatic nitrogens is 1. The molecule has 0 radical (unpaired) electrons. The van der Waals surface area contributed by atoms with Gasteiger partial charge < -0.3 is 4.74 Å². The number of rotatable bonds is 3. The Balaban J connectivity index is 1.88. The lowest BCUT2D eigenvalue weighted by molar-refractivity contribution is -0.127. The number of carbonyl (C=O) groups is 1. The van der Waals surface area contributed by atoms with Gasteiger partial charge in [0, 0.05) is 31.0 Å². The van der Waals surface area contributed by atoms with Gasteiger partial charge >= 0.3 is 0 Å². The highest BCUT2D eigenvalue weighted by atomic mass is 16.5. The van der Waals surface area contributed by atoms with Gasteiger partial charge in [0.05, 0.1) is 18.2 Å². The summed E-state index contributed by atoms with van der Waals surface area (Å²) in [5.74, 6) is 1.07. The molecule has 0 bridgehead atoms. The quantitative estimate of drug-likeness (QED) is 0.741. The van der Waals surface area contributed by atoms with Gasteiger partial charge in [0.15, 0.2) is 0 Å². The predicted octanol–water partition coefficient (Wildman–Crippen LogP) is 1.31. The van der Waals surface area contributed by atoms with Gasteiger partial charge in [0.1, 0.15) is 5.78 Å². The van der Waals surface area contributed by atoms with Crippen LogP contribution in [-0.2, 0) is 4.79 Å². The number of nitrogens with zero attached hydrogens (tertiary/aromatic N) is 2. The molecule has 0 aliphatic heterocycles. The van der Waals surface area contributed by atoms with Gasteiger partial charge in [-0.05, 0) is 6.07 Å². The minimum atomic E-state index is 0.294. The molecule has 15 heavy (non-hydrogen) atoms. The summed E-state index contributed by atoms with van der Waals surface area (Å²) in [5, 5.41) is 8.65. The van der Waals surface area contributed by atoms with Gasteiger partial charge in [-0.2, -0.15) is 5.26 Å². The van der Waals surface area contributed by atoms with E-state index in [0.29, 0.717) is 42.6 Å². The molecule has 0 spiro atoms. The Morgan fingerprint density at radius 2 is 2.40 bits per heavy atom. The number of ether oxygens (including phenoxy) is 1. The molecule has 4 heteroatoms. The Morgan fingerprint density at radius 3 is 3.07 bits per heavy atom. The molecular weight excluding hydrogens is 192 g/mol. The fraction of sp³-hybridized carbons (Fsp3) is 0.364. The van der Waals surface area contributed by atoms with Crippen molar-refractivity contribution in [3.8, 4) is 11.9 Å². The second-order valence-electron chi connectivity index (χ2n) is 3.62. The Labute approximate surface area is 87.5 Å². The van der Waals surface area contributed by atoms with Crippen LogP contribution >= 0.6 is 0 Å². The van der Waals surface area contributed by atoms with E-state index in [9.17, 15) is 4.79 Å². The van der Waals surface area contributed by atoms with Crippen molar-refractivity contribution >= 4 is 5.78 Å². The highest BCUT2D eigenvalue weighted by Crippen LogP contribution is 2.23. The molecule has 1 aromatic rings. The van der Waals surface area contributed by atoms with Crippen LogP contribution in [-0.4, -0.2) is 17.4 Å². The van der Waals surface area contributed by atoms with E-state index >= 15 is 0 Å². The Hall–Kier alpha value is -1.89. The number of hydrogen-bond donors (Lipinski definition) is 0. The predicted molar refractivity (Wildman–Crippen MR) is 52.2 cm³/mol. The lowest BCUT2D eigenvalue weighted by Crippen LogP contribution is -2.28. The van der Waals surface area contributed by atoms with Gasteiger partial charge in [0.25, 0.3) is 0 Å². The average molecular weight is 202 g/mol. The van der Waals surface area contributed by atoms with Crippen LogP contribution < -0.4 is 4.74 Å². The first-order valence-corrected chi connectivity index (χ1v) is 4.78. The topological polar surface area (TPSA) is 63.0 Å². The van der Waals surface area contributed by atoms with Crippen molar-refractivity contribution in [2.45, 2.75) is 12.8 Å². The third kappa shape index (κ3) is 2.32. The minimum absolute atomic E-state index is 0.294. The summed E-state index contributed by atoms with van der Waals surface area (Å²) in [5.41, 5.74) is 0.532. The fourth-order valence-electron chi connectivity index (χ4n) is 1.46. The van der Waals surface area contributed by atoms with E-state index in [2.05, 4.69) is 4.98 Å². The third-order valence-corrected chi connectivity index (χ3v) is 2.36. The van der Waals surface area contributed by atoms with E-state index in [-0.39, 0.29) is 0 Å².